The number of morpholine rings is 1. The van der Waals surface area contributed by atoms with Gasteiger partial charge in [-0.15, -0.1) is 0 Å². The van der Waals surface area contributed by atoms with E-state index >= 15 is 0 Å². The van der Waals surface area contributed by atoms with Crippen molar-refractivity contribution in [3.8, 4) is 0 Å². The predicted molar refractivity (Wildman–Crippen MR) is 79.2 cm³/mol. The number of carbonyl (C=O) groups is 2. The topological polar surface area (TPSA) is 67.7 Å². The van der Waals surface area contributed by atoms with Gasteiger partial charge in [0.1, 0.15) is 18.8 Å². The van der Waals surface area contributed by atoms with Crippen molar-refractivity contribution in [3.05, 3.63) is 17.5 Å². The standard InChI is InChI=1S/C15H22N4O3/c1-11-6-12(2)19(16-11)7-13(20)18-5-4-15(10-18)9-17(3)14(21)8-22-15/h6H,4-5,7-10H2,1-3H3/t15-/m0/s1. The molecule has 3 heterocycles. The van der Waals surface area contributed by atoms with Gasteiger partial charge < -0.3 is 14.5 Å². The van der Waals surface area contributed by atoms with Crippen LogP contribution in [0, 0.1) is 13.8 Å². The quantitative estimate of drug-likeness (QED) is 0.769. The minimum Gasteiger partial charge on any atom is -0.361 e. The van der Waals surface area contributed by atoms with E-state index in [0.717, 1.165) is 17.8 Å². The number of aryl methyl sites for hydroxylation is 2. The highest BCUT2D eigenvalue weighted by molar-refractivity contribution is 5.78. The van der Waals surface area contributed by atoms with E-state index in [1.54, 1.807) is 16.6 Å². The number of carbonyl (C=O) groups excluding carboxylic acids is 2. The molecule has 0 N–H and O–H groups in total. The molecule has 0 saturated carbocycles. The molecular weight excluding hydrogens is 284 g/mol. The van der Waals surface area contributed by atoms with Gasteiger partial charge in [-0.05, 0) is 26.3 Å². The maximum atomic E-state index is 12.5. The normalized spacial score (nSPS) is 25.3. The summed E-state index contributed by atoms with van der Waals surface area (Å²) >= 11 is 0. The first-order valence-corrected chi connectivity index (χ1v) is 7.55. The number of likely N-dealkylation sites (tertiary alicyclic amines) is 1. The summed E-state index contributed by atoms with van der Waals surface area (Å²) in [5, 5.41) is 4.33. The van der Waals surface area contributed by atoms with Crippen LogP contribution in [0.1, 0.15) is 17.8 Å². The Bertz CT molecular complexity index is 612. The van der Waals surface area contributed by atoms with Crippen LogP contribution < -0.4 is 0 Å². The smallest absolute Gasteiger partial charge is 0.248 e. The van der Waals surface area contributed by atoms with Gasteiger partial charge in [-0.25, -0.2) is 0 Å². The average Bonchev–Trinajstić information content (AvgIpc) is 2.99. The molecule has 0 aromatic carbocycles. The molecule has 3 rings (SSSR count). The van der Waals surface area contributed by atoms with Crippen LogP contribution in [0.25, 0.3) is 0 Å². The molecule has 2 amide bonds. The molecule has 2 saturated heterocycles. The summed E-state index contributed by atoms with van der Waals surface area (Å²) in [5.41, 5.74) is 1.51. The van der Waals surface area contributed by atoms with E-state index in [1.807, 2.05) is 24.8 Å². The lowest BCUT2D eigenvalue weighted by Crippen LogP contribution is -2.54. The van der Waals surface area contributed by atoms with E-state index in [0.29, 0.717) is 19.6 Å². The van der Waals surface area contributed by atoms with Crippen molar-refractivity contribution in [1.82, 2.24) is 19.6 Å². The van der Waals surface area contributed by atoms with Gasteiger partial charge in [-0.2, -0.15) is 5.10 Å². The molecule has 120 valence electrons. The zero-order chi connectivity index (χ0) is 15.9. The third-order valence-corrected chi connectivity index (χ3v) is 4.51. The average molecular weight is 306 g/mol. The lowest BCUT2D eigenvalue weighted by atomic mass is 10.0. The highest BCUT2D eigenvalue weighted by Crippen LogP contribution is 2.29. The van der Waals surface area contributed by atoms with E-state index < -0.39 is 5.60 Å². The summed E-state index contributed by atoms with van der Waals surface area (Å²) in [7, 11) is 1.78. The van der Waals surface area contributed by atoms with Gasteiger partial charge in [0.05, 0.1) is 18.8 Å². The summed E-state index contributed by atoms with van der Waals surface area (Å²) in [6, 6.07) is 1.96. The molecule has 2 aliphatic heterocycles. The Morgan fingerprint density at radius 1 is 1.41 bits per heavy atom. The van der Waals surface area contributed by atoms with Crippen molar-refractivity contribution in [2.75, 3.05) is 33.3 Å². The van der Waals surface area contributed by atoms with Crippen molar-refractivity contribution in [1.29, 1.82) is 0 Å². The van der Waals surface area contributed by atoms with Crippen molar-refractivity contribution in [2.45, 2.75) is 32.4 Å². The fraction of sp³-hybridized carbons (Fsp3) is 0.667. The molecule has 7 nitrogen and oxygen atoms in total. The summed E-state index contributed by atoms with van der Waals surface area (Å²) < 4.78 is 7.50. The number of nitrogens with zero attached hydrogens (tertiary/aromatic N) is 4. The van der Waals surface area contributed by atoms with Crippen LogP contribution in [0.3, 0.4) is 0 Å². The van der Waals surface area contributed by atoms with Crippen molar-refractivity contribution in [3.63, 3.8) is 0 Å². The van der Waals surface area contributed by atoms with Gasteiger partial charge >= 0.3 is 0 Å². The molecule has 1 atom stereocenters. The first-order chi connectivity index (χ1) is 10.4. The highest BCUT2D eigenvalue weighted by atomic mass is 16.5. The fourth-order valence-electron chi connectivity index (χ4n) is 3.26. The fourth-order valence-corrected chi connectivity index (χ4v) is 3.26. The van der Waals surface area contributed by atoms with E-state index in [1.165, 1.54) is 0 Å². The number of rotatable bonds is 2. The van der Waals surface area contributed by atoms with Gasteiger partial charge in [0, 0.05) is 19.3 Å². The third kappa shape index (κ3) is 2.72. The molecule has 0 bridgehead atoms. The monoisotopic (exact) mass is 306 g/mol. The lowest BCUT2D eigenvalue weighted by molar-refractivity contribution is -0.159. The molecule has 1 spiro atoms. The molecular formula is C15H22N4O3. The van der Waals surface area contributed by atoms with Crippen molar-refractivity contribution in [2.24, 2.45) is 0 Å². The molecule has 2 fully saturated rings. The SMILES string of the molecule is Cc1cc(C)n(CC(=O)N2CC[C@]3(CN(C)C(=O)CO3)C2)n1. The summed E-state index contributed by atoms with van der Waals surface area (Å²) in [6.07, 6.45) is 0.771. The summed E-state index contributed by atoms with van der Waals surface area (Å²) in [5.74, 6) is 0.0456. The van der Waals surface area contributed by atoms with Crippen LogP contribution in [0.5, 0.6) is 0 Å². The van der Waals surface area contributed by atoms with Crippen molar-refractivity contribution >= 4 is 11.8 Å². The number of hydrogen-bond donors (Lipinski definition) is 0. The molecule has 1 aromatic heterocycles. The first-order valence-electron chi connectivity index (χ1n) is 7.55. The molecule has 0 unspecified atom stereocenters. The van der Waals surface area contributed by atoms with Gasteiger partial charge in [-0.3, -0.25) is 14.3 Å². The number of amides is 2. The molecule has 22 heavy (non-hydrogen) atoms. The zero-order valence-corrected chi connectivity index (χ0v) is 13.3. The second-order valence-corrected chi connectivity index (χ2v) is 6.37. The van der Waals surface area contributed by atoms with Crippen LogP contribution >= 0.6 is 0 Å². The Kier molecular flexibility index (Phi) is 3.68. The Balaban J connectivity index is 1.64. The lowest BCUT2D eigenvalue weighted by Gasteiger charge is -2.38. The van der Waals surface area contributed by atoms with Gasteiger partial charge in [0.2, 0.25) is 11.8 Å². The van der Waals surface area contributed by atoms with Crippen LogP contribution in [0.15, 0.2) is 6.07 Å². The number of ether oxygens (including phenoxy) is 1. The van der Waals surface area contributed by atoms with E-state index in [-0.39, 0.29) is 25.0 Å². The molecule has 1 aromatic rings. The van der Waals surface area contributed by atoms with Crippen LogP contribution in [0.4, 0.5) is 0 Å². The highest BCUT2D eigenvalue weighted by Gasteiger charge is 2.45. The van der Waals surface area contributed by atoms with Crippen LogP contribution in [-0.4, -0.2) is 70.3 Å². The van der Waals surface area contributed by atoms with Gasteiger partial charge in [-0.1, -0.05) is 0 Å². The number of aromatic nitrogens is 2. The van der Waals surface area contributed by atoms with Crippen molar-refractivity contribution < 1.29 is 14.3 Å². The van der Waals surface area contributed by atoms with E-state index in [2.05, 4.69) is 5.10 Å². The largest absolute Gasteiger partial charge is 0.361 e. The zero-order valence-electron chi connectivity index (χ0n) is 13.3. The maximum Gasteiger partial charge on any atom is 0.248 e. The van der Waals surface area contributed by atoms with E-state index in [9.17, 15) is 9.59 Å². The Morgan fingerprint density at radius 2 is 2.18 bits per heavy atom. The number of likely N-dealkylation sites (N-methyl/N-ethyl adjacent to an activating group) is 1. The van der Waals surface area contributed by atoms with Crippen LogP contribution in [-0.2, 0) is 20.9 Å². The Hall–Kier alpha value is -1.89. The second kappa shape index (κ2) is 5.39. The second-order valence-electron chi connectivity index (χ2n) is 6.37. The molecule has 0 radical (unpaired) electrons. The van der Waals surface area contributed by atoms with Gasteiger partial charge in [0.15, 0.2) is 0 Å². The molecule has 2 aliphatic rings. The maximum absolute atomic E-state index is 12.5. The summed E-state index contributed by atoms with van der Waals surface area (Å²) in [4.78, 5) is 27.5. The molecule has 7 heteroatoms. The predicted octanol–water partition coefficient (Wildman–Crippen LogP) is -0.0404. The minimum atomic E-state index is -0.395. The Morgan fingerprint density at radius 3 is 2.82 bits per heavy atom. The Labute approximate surface area is 129 Å². The first kappa shape index (κ1) is 15.0. The summed E-state index contributed by atoms with van der Waals surface area (Å²) in [6.45, 7) is 5.99. The van der Waals surface area contributed by atoms with Gasteiger partial charge in [0.25, 0.3) is 0 Å². The van der Waals surface area contributed by atoms with E-state index in [4.69, 9.17) is 4.74 Å². The minimum absolute atomic E-state index is 0.00181. The van der Waals surface area contributed by atoms with Crippen LogP contribution in [0.2, 0.25) is 0 Å². The number of hydrogen-bond acceptors (Lipinski definition) is 4. The third-order valence-electron chi connectivity index (χ3n) is 4.51. The molecule has 0 aliphatic carbocycles.